The minimum absolute atomic E-state index is 0.209. The second kappa shape index (κ2) is 5.34. The Labute approximate surface area is 109 Å². The van der Waals surface area contributed by atoms with Crippen LogP contribution in [0.5, 0.6) is 11.6 Å². The number of hydrogen-bond donors (Lipinski definition) is 0. The molecule has 5 heteroatoms. The summed E-state index contributed by atoms with van der Waals surface area (Å²) in [5, 5.41) is 0.318. The van der Waals surface area contributed by atoms with Crippen LogP contribution in [-0.2, 0) is 5.88 Å². The molecule has 3 nitrogen and oxygen atoms in total. The molecule has 0 spiro atoms. The lowest BCUT2D eigenvalue weighted by molar-refractivity contribution is 0.453. The van der Waals surface area contributed by atoms with Crippen molar-refractivity contribution in [2.45, 2.75) is 12.8 Å². The number of benzene rings is 1. The number of halogens is 2. The molecular formula is C12H10Cl2N2O. The molecule has 0 aliphatic rings. The van der Waals surface area contributed by atoms with E-state index in [1.807, 2.05) is 31.2 Å². The van der Waals surface area contributed by atoms with E-state index in [1.54, 1.807) is 0 Å². The number of hydrogen-bond acceptors (Lipinski definition) is 3. The molecule has 0 N–H and O–H groups in total. The fourth-order valence-corrected chi connectivity index (χ4v) is 1.85. The van der Waals surface area contributed by atoms with Gasteiger partial charge in [-0.25, -0.2) is 9.97 Å². The lowest BCUT2D eigenvalue weighted by atomic mass is 10.2. The van der Waals surface area contributed by atoms with E-state index in [0.717, 1.165) is 11.3 Å². The normalized spacial score (nSPS) is 10.3. The molecule has 0 amide bonds. The molecule has 0 saturated heterocycles. The molecule has 88 valence electrons. The summed E-state index contributed by atoms with van der Waals surface area (Å²) in [4.78, 5) is 7.91. The fourth-order valence-electron chi connectivity index (χ4n) is 1.35. The van der Waals surface area contributed by atoms with Crippen LogP contribution in [0.25, 0.3) is 0 Å². The molecule has 2 aromatic rings. The Balaban J connectivity index is 2.37. The van der Waals surface area contributed by atoms with Gasteiger partial charge in [0.15, 0.2) is 0 Å². The van der Waals surface area contributed by atoms with Crippen molar-refractivity contribution in [3.8, 4) is 11.6 Å². The van der Waals surface area contributed by atoms with E-state index >= 15 is 0 Å². The van der Waals surface area contributed by atoms with Crippen molar-refractivity contribution >= 4 is 23.2 Å². The van der Waals surface area contributed by atoms with Gasteiger partial charge in [-0.1, -0.05) is 29.8 Å². The van der Waals surface area contributed by atoms with Crippen LogP contribution >= 0.6 is 23.2 Å². The molecule has 1 aromatic carbocycles. The molecule has 0 radical (unpaired) electrons. The first kappa shape index (κ1) is 12.1. The lowest BCUT2D eigenvalue weighted by Crippen LogP contribution is -1.96. The summed E-state index contributed by atoms with van der Waals surface area (Å²) in [6.45, 7) is 1.96. The maximum absolute atomic E-state index is 5.92. The largest absolute Gasteiger partial charge is 0.438 e. The molecule has 1 aromatic heterocycles. The maximum Gasteiger partial charge on any atom is 0.228 e. The van der Waals surface area contributed by atoms with E-state index in [0.29, 0.717) is 16.6 Å². The maximum atomic E-state index is 5.92. The monoisotopic (exact) mass is 268 g/mol. The first-order chi connectivity index (χ1) is 8.22. The number of aryl methyl sites for hydroxylation is 1. The molecule has 0 aliphatic carbocycles. The Kier molecular flexibility index (Phi) is 3.82. The number of ether oxygens (including phenoxy) is 1. The average Bonchev–Trinajstić information content (AvgIpc) is 2.32. The highest BCUT2D eigenvalue weighted by molar-refractivity contribution is 6.31. The first-order valence-corrected chi connectivity index (χ1v) is 5.92. The van der Waals surface area contributed by atoms with Crippen LogP contribution in [0.3, 0.4) is 0 Å². The van der Waals surface area contributed by atoms with Gasteiger partial charge < -0.3 is 4.74 Å². The van der Waals surface area contributed by atoms with Crippen LogP contribution < -0.4 is 4.74 Å². The zero-order valence-corrected chi connectivity index (χ0v) is 10.7. The highest BCUT2D eigenvalue weighted by atomic mass is 35.5. The Morgan fingerprint density at radius 3 is 2.71 bits per heavy atom. The third kappa shape index (κ3) is 2.68. The van der Waals surface area contributed by atoms with Gasteiger partial charge in [-0.15, -0.1) is 11.6 Å². The van der Waals surface area contributed by atoms with Gasteiger partial charge in [0.1, 0.15) is 17.2 Å². The molecule has 0 atom stereocenters. The van der Waals surface area contributed by atoms with E-state index < -0.39 is 0 Å². The first-order valence-electron chi connectivity index (χ1n) is 5.01. The van der Waals surface area contributed by atoms with Crippen LogP contribution in [0.4, 0.5) is 0 Å². The third-order valence-corrected chi connectivity index (χ3v) is 2.88. The molecule has 0 aliphatic heterocycles. The Bertz CT molecular complexity index is 532. The number of alkyl halides is 1. The Morgan fingerprint density at radius 1 is 1.24 bits per heavy atom. The van der Waals surface area contributed by atoms with Crippen molar-refractivity contribution in [3.05, 3.63) is 46.9 Å². The van der Waals surface area contributed by atoms with Crippen molar-refractivity contribution in [2.75, 3.05) is 0 Å². The molecule has 17 heavy (non-hydrogen) atoms. The quantitative estimate of drug-likeness (QED) is 0.624. The number of nitrogens with zero attached hydrogens (tertiary/aromatic N) is 2. The van der Waals surface area contributed by atoms with Crippen molar-refractivity contribution in [1.82, 2.24) is 9.97 Å². The van der Waals surface area contributed by atoms with Gasteiger partial charge in [0.25, 0.3) is 0 Å². The van der Waals surface area contributed by atoms with Crippen molar-refractivity contribution < 1.29 is 4.74 Å². The standard InChI is InChI=1S/C12H10Cl2N2O/c1-8-4-2-3-5-10(8)17-12-9(6-13)11(14)15-7-16-12/h2-5,7H,6H2,1H3. The van der Waals surface area contributed by atoms with Crippen molar-refractivity contribution in [1.29, 1.82) is 0 Å². The molecular weight excluding hydrogens is 259 g/mol. The van der Waals surface area contributed by atoms with E-state index in [4.69, 9.17) is 27.9 Å². The van der Waals surface area contributed by atoms with Gasteiger partial charge in [0.05, 0.1) is 11.4 Å². The van der Waals surface area contributed by atoms with Crippen LogP contribution in [0, 0.1) is 6.92 Å². The van der Waals surface area contributed by atoms with Gasteiger partial charge >= 0.3 is 0 Å². The lowest BCUT2D eigenvalue weighted by Gasteiger charge is -2.10. The van der Waals surface area contributed by atoms with Crippen molar-refractivity contribution in [2.24, 2.45) is 0 Å². The van der Waals surface area contributed by atoms with Gasteiger partial charge in [0, 0.05) is 0 Å². The van der Waals surface area contributed by atoms with E-state index in [1.165, 1.54) is 6.33 Å². The van der Waals surface area contributed by atoms with Crippen LogP contribution in [-0.4, -0.2) is 9.97 Å². The van der Waals surface area contributed by atoms with Gasteiger partial charge in [-0.2, -0.15) is 0 Å². The van der Waals surface area contributed by atoms with Crippen LogP contribution in [0.1, 0.15) is 11.1 Å². The second-order valence-corrected chi connectivity index (χ2v) is 4.07. The van der Waals surface area contributed by atoms with Gasteiger partial charge in [-0.3, -0.25) is 0 Å². The van der Waals surface area contributed by atoms with Gasteiger partial charge in [-0.05, 0) is 18.6 Å². The summed E-state index contributed by atoms with van der Waals surface area (Å²) < 4.78 is 5.69. The molecule has 0 unspecified atom stereocenters. The second-order valence-electron chi connectivity index (χ2n) is 3.45. The Hall–Kier alpha value is -1.32. The summed E-state index contributed by atoms with van der Waals surface area (Å²) in [5.74, 6) is 1.34. The molecule has 1 heterocycles. The predicted molar refractivity (Wildman–Crippen MR) is 67.9 cm³/mol. The molecule has 0 saturated carbocycles. The summed E-state index contributed by atoms with van der Waals surface area (Å²) >= 11 is 11.7. The summed E-state index contributed by atoms with van der Waals surface area (Å²) in [6.07, 6.45) is 1.35. The smallest absolute Gasteiger partial charge is 0.228 e. The number of aromatic nitrogens is 2. The minimum Gasteiger partial charge on any atom is -0.438 e. The average molecular weight is 269 g/mol. The SMILES string of the molecule is Cc1ccccc1Oc1ncnc(Cl)c1CCl. The highest BCUT2D eigenvalue weighted by Crippen LogP contribution is 2.29. The zero-order chi connectivity index (χ0) is 12.3. The number of para-hydroxylation sites is 1. The molecule has 0 fully saturated rings. The fraction of sp³-hybridized carbons (Fsp3) is 0.167. The topological polar surface area (TPSA) is 35.0 Å². The molecule has 2 rings (SSSR count). The van der Waals surface area contributed by atoms with Crippen molar-refractivity contribution in [3.63, 3.8) is 0 Å². The predicted octanol–water partition coefficient (Wildman–Crippen LogP) is 3.97. The van der Waals surface area contributed by atoms with E-state index in [2.05, 4.69) is 9.97 Å². The van der Waals surface area contributed by atoms with Gasteiger partial charge in [0.2, 0.25) is 5.88 Å². The third-order valence-electron chi connectivity index (χ3n) is 2.29. The van der Waals surface area contributed by atoms with Crippen LogP contribution in [0.2, 0.25) is 5.15 Å². The Morgan fingerprint density at radius 2 is 2.00 bits per heavy atom. The van der Waals surface area contributed by atoms with Crippen LogP contribution in [0.15, 0.2) is 30.6 Å². The highest BCUT2D eigenvalue weighted by Gasteiger charge is 2.11. The summed E-state index contributed by atoms with van der Waals surface area (Å²) in [7, 11) is 0. The summed E-state index contributed by atoms with van der Waals surface area (Å²) in [6, 6.07) is 7.66. The minimum atomic E-state index is 0.209. The zero-order valence-electron chi connectivity index (χ0n) is 9.15. The van der Waals surface area contributed by atoms with E-state index in [9.17, 15) is 0 Å². The number of rotatable bonds is 3. The molecule has 0 bridgehead atoms. The van der Waals surface area contributed by atoms with E-state index in [-0.39, 0.29) is 5.88 Å². The summed E-state index contributed by atoms with van der Waals surface area (Å²) in [5.41, 5.74) is 1.61.